The van der Waals surface area contributed by atoms with Gasteiger partial charge in [0.05, 0.1) is 23.9 Å². The molecule has 0 saturated carbocycles. The Kier molecular flexibility index (Phi) is 6.50. The first-order valence-electron chi connectivity index (χ1n) is 8.24. The Balaban J connectivity index is 2.44. The predicted octanol–water partition coefficient (Wildman–Crippen LogP) is 5.98. The Morgan fingerprint density at radius 1 is 1.00 bits per heavy atom. The van der Waals surface area contributed by atoms with Gasteiger partial charge in [0.1, 0.15) is 11.5 Å². The number of hydrogen-bond donors (Lipinski definition) is 0. The summed E-state index contributed by atoms with van der Waals surface area (Å²) in [6.45, 7) is 7.89. The van der Waals surface area contributed by atoms with Crippen molar-refractivity contribution in [2.45, 2.75) is 39.9 Å². The van der Waals surface area contributed by atoms with E-state index in [0.29, 0.717) is 16.3 Å². The van der Waals surface area contributed by atoms with Crippen LogP contribution < -0.4 is 9.47 Å². The van der Waals surface area contributed by atoms with Gasteiger partial charge in [0.15, 0.2) is 0 Å². The molecule has 2 aromatic rings. The second-order valence-electron chi connectivity index (χ2n) is 6.21. The molecule has 2 rings (SSSR count). The molecule has 0 spiro atoms. The second kappa shape index (κ2) is 8.60. The van der Waals surface area contributed by atoms with Crippen molar-refractivity contribution in [1.82, 2.24) is 0 Å². The average molecular weight is 356 g/mol. The van der Waals surface area contributed by atoms with E-state index in [1.54, 1.807) is 12.1 Å². The van der Waals surface area contributed by atoms with E-state index in [0.717, 1.165) is 16.9 Å². The molecule has 0 fully saturated rings. The van der Waals surface area contributed by atoms with Gasteiger partial charge in [-0.1, -0.05) is 23.7 Å². The van der Waals surface area contributed by atoms with E-state index in [9.17, 15) is 5.26 Å². The fourth-order valence-electron chi connectivity index (χ4n) is 2.30. The largest absolute Gasteiger partial charge is 0.491 e. The first kappa shape index (κ1) is 18.9. The van der Waals surface area contributed by atoms with Crippen LogP contribution in [0, 0.1) is 11.3 Å². The van der Waals surface area contributed by atoms with Crippen LogP contribution in [0.15, 0.2) is 42.5 Å². The second-order valence-corrected chi connectivity index (χ2v) is 6.65. The molecular formula is C21H22ClNO2. The lowest BCUT2D eigenvalue weighted by Crippen LogP contribution is -2.09. The fourth-order valence-corrected chi connectivity index (χ4v) is 2.43. The zero-order valence-corrected chi connectivity index (χ0v) is 15.7. The SMILES string of the molecule is CC(C)Oc1ccc(/C=C(/C#N)c2ccc(Cl)cc2)c(OC(C)C)c1. The van der Waals surface area contributed by atoms with Gasteiger partial charge in [0, 0.05) is 16.7 Å². The van der Waals surface area contributed by atoms with Gasteiger partial charge < -0.3 is 9.47 Å². The van der Waals surface area contributed by atoms with Gasteiger partial charge in [-0.2, -0.15) is 5.26 Å². The number of rotatable bonds is 6. The van der Waals surface area contributed by atoms with Gasteiger partial charge in [-0.15, -0.1) is 0 Å². The number of hydrogen-bond acceptors (Lipinski definition) is 3. The van der Waals surface area contributed by atoms with E-state index in [-0.39, 0.29) is 12.2 Å². The topological polar surface area (TPSA) is 42.2 Å². The summed E-state index contributed by atoms with van der Waals surface area (Å²) in [5.74, 6) is 1.43. The fraction of sp³-hybridized carbons (Fsp3) is 0.286. The predicted molar refractivity (Wildman–Crippen MR) is 103 cm³/mol. The van der Waals surface area contributed by atoms with Crippen LogP contribution in [-0.4, -0.2) is 12.2 Å². The maximum atomic E-state index is 9.54. The van der Waals surface area contributed by atoms with Gasteiger partial charge in [-0.3, -0.25) is 0 Å². The number of ether oxygens (including phenoxy) is 2. The lowest BCUT2D eigenvalue weighted by Gasteiger charge is -2.16. The van der Waals surface area contributed by atoms with Crippen molar-refractivity contribution in [2.75, 3.05) is 0 Å². The summed E-state index contributed by atoms with van der Waals surface area (Å²) >= 11 is 5.92. The molecule has 0 N–H and O–H groups in total. The van der Waals surface area contributed by atoms with E-state index < -0.39 is 0 Å². The Hall–Kier alpha value is -2.44. The Morgan fingerprint density at radius 3 is 2.20 bits per heavy atom. The molecule has 0 aliphatic rings. The van der Waals surface area contributed by atoms with E-state index in [2.05, 4.69) is 6.07 Å². The first-order chi connectivity index (χ1) is 11.9. The summed E-state index contributed by atoms with van der Waals surface area (Å²) in [7, 11) is 0. The minimum Gasteiger partial charge on any atom is -0.491 e. The molecule has 0 amide bonds. The lowest BCUT2D eigenvalue weighted by molar-refractivity contribution is 0.229. The van der Waals surface area contributed by atoms with Crippen LogP contribution in [0.25, 0.3) is 11.6 Å². The quantitative estimate of drug-likeness (QED) is 0.473. The normalized spacial score (nSPS) is 11.5. The summed E-state index contributed by atoms with van der Waals surface area (Å²) in [4.78, 5) is 0. The van der Waals surface area contributed by atoms with Crippen molar-refractivity contribution in [3.8, 4) is 17.6 Å². The molecule has 0 saturated heterocycles. The van der Waals surface area contributed by atoms with E-state index in [1.165, 1.54) is 0 Å². The number of allylic oxidation sites excluding steroid dienone is 1. The smallest absolute Gasteiger partial charge is 0.130 e. The van der Waals surface area contributed by atoms with Crippen molar-refractivity contribution >= 4 is 23.3 Å². The molecule has 25 heavy (non-hydrogen) atoms. The van der Waals surface area contributed by atoms with Crippen LogP contribution in [0.3, 0.4) is 0 Å². The van der Waals surface area contributed by atoms with Gasteiger partial charge >= 0.3 is 0 Å². The standard InChI is InChI=1S/C21H22ClNO2/c1-14(2)24-20-10-7-17(21(12-20)25-15(3)4)11-18(13-23)16-5-8-19(22)9-6-16/h5-12,14-15H,1-4H3/b18-11-. The van der Waals surface area contributed by atoms with Crippen LogP contribution in [-0.2, 0) is 0 Å². The summed E-state index contributed by atoms with van der Waals surface area (Å²) < 4.78 is 11.7. The molecule has 0 radical (unpaired) electrons. The van der Waals surface area contributed by atoms with E-state index in [4.69, 9.17) is 21.1 Å². The molecule has 0 aliphatic carbocycles. The number of benzene rings is 2. The molecule has 0 unspecified atom stereocenters. The first-order valence-corrected chi connectivity index (χ1v) is 8.62. The maximum Gasteiger partial charge on any atom is 0.130 e. The Labute approximate surface area is 154 Å². The summed E-state index contributed by atoms with van der Waals surface area (Å²) in [5, 5.41) is 10.2. The third-order valence-electron chi connectivity index (χ3n) is 3.30. The summed E-state index contributed by atoms with van der Waals surface area (Å²) in [6.07, 6.45) is 1.92. The molecular weight excluding hydrogens is 334 g/mol. The van der Waals surface area contributed by atoms with Crippen molar-refractivity contribution in [1.29, 1.82) is 5.26 Å². The Morgan fingerprint density at radius 2 is 1.64 bits per heavy atom. The summed E-state index contributed by atoms with van der Waals surface area (Å²) in [5.41, 5.74) is 2.18. The van der Waals surface area contributed by atoms with Crippen molar-refractivity contribution in [3.05, 3.63) is 58.6 Å². The molecule has 2 aromatic carbocycles. The minimum atomic E-state index is 0.0162. The van der Waals surface area contributed by atoms with Crippen LogP contribution >= 0.6 is 11.6 Å². The van der Waals surface area contributed by atoms with E-state index in [1.807, 2.05) is 64.1 Å². The zero-order chi connectivity index (χ0) is 18.4. The molecule has 4 heteroatoms. The number of nitriles is 1. The van der Waals surface area contributed by atoms with Gasteiger partial charge in [0.2, 0.25) is 0 Å². The highest BCUT2D eigenvalue weighted by Gasteiger charge is 2.10. The molecule has 0 aliphatic heterocycles. The third kappa shape index (κ3) is 5.55. The molecule has 130 valence electrons. The van der Waals surface area contributed by atoms with Crippen molar-refractivity contribution in [3.63, 3.8) is 0 Å². The molecule has 0 heterocycles. The lowest BCUT2D eigenvalue weighted by atomic mass is 10.0. The molecule has 0 atom stereocenters. The highest BCUT2D eigenvalue weighted by Crippen LogP contribution is 2.30. The zero-order valence-electron chi connectivity index (χ0n) is 14.9. The molecule has 0 aromatic heterocycles. The minimum absolute atomic E-state index is 0.0162. The van der Waals surface area contributed by atoms with Crippen LogP contribution in [0.1, 0.15) is 38.8 Å². The van der Waals surface area contributed by atoms with Crippen LogP contribution in [0.2, 0.25) is 5.02 Å². The number of nitrogens with zero attached hydrogens (tertiary/aromatic N) is 1. The van der Waals surface area contributed by atoms with E-state index >= 15 is 0 Å². The Bertz CT molecular complexity index is 787. The maximum absolute atomic E-state index is 9.54. The van der Waals surface area contributed by atoms with Gasteiger partial charge in [0.25, 0.3) is 0 Å². The highest BCUT2D eigenvalue weighted by molar-refractivity contribution is 6.30. The molecule has 0 bridgehead atoms. The molecule has 3 nitrogen and oxygen atoms in total. The highest BCUT2D eigenvalue weighted by atomic mass is 35.5. The average Bonchev–Trinajstić information content (AvgIpc) is 2.54. The van der Waals surface area contributed by atoms with Gasteiger partial charge in [-0.05, 0) is 63.6 Å². The third-order valence-corrected chi connectivity index (χ3v) is 3.55. The van der Waals surface area contributed by atoms with Gasteiger partial charge in [-0.25, -0.2) is 0 Å². The monoisotopic (exact) mass is 355 g/mol. The number of halogens is 1. The summed E-state index contributed by atoms with van der Waals surface area (Å²) in [6, 6.07) is 15.1. The van der Waals surface area contributed by atoms with Crippen LogP contribution in [0.4, 0.5) is 0 Å². The van der Waals surface area contributed by atoms with Crippen LogP contribution in [0.5, 0.6) is 11.5 Å². The van der Waals surface area contributed by atoms with Crippen molar-refractivity contribution < 1.29 is 9.47 Å². The van der Waals surface area contributed by atoms with Crippen molar-refractivity contribution in [2.24, 2.45) is 0 Å².